The van der Waals surface area contributed by atoms with E-state index in [0.29, 0.717) is 5.02 Å². The molecule has 0 heterocycles. The molecule has 1 aromatic rings. The third kappa shape index (κ3) is 3.82. The van der Waals surface area contributed by atoms with E-state index in [1.165, 1.54) is 6.92 Å². The van der Waals surface area contributed by atoms with Gasteiger partial charge < -0.3 is 5.73 Å². The Morgan fingerprint density at radius 3 is 2.65 bits per heavy atom. The van der Waals surface area contributed by atoms with Crippen molar-refractivity contribution in [1.29, 1.82) is 0 Å². The van der Waals surface area contributed by atoms with Crippen LogP contribution in [-0.4, -0.2) is 12.2 Å². The molecule has 5 heteroatoms. The van der Waals surface area contributed by atoms with Gasteiger partial charge in [0.1, 0.15) is 0 Å². The molecule has 0 radical (unpaired) electrons. The van der Waals surface area contributed by atoms with Crippen LogP contribution in [0.5, 0.6) is 0 Å². The lowest BCUT2D eigenvalue weighted by molar-refractivity contribution is -0.125. The normalized spacial score (nSPS) is 12.5. The van der Waals surface area contributed by atoms with Crippen molar-refractivity contribution in [2.45, 2.75) is 19.8 Å². The minimum atomic E-state index is -3.02. The zero-order chi connectivity index (χ0) is 13.0. The molecule has 17 heavy (non-hydrogen) atoms. The molecule has 0 aliphatic carbocycles. The summed E-state index contributed by atoms with van der Waals surface area (Å²) in [6, 6.07) is 6.87. The van der Waals surface area contributed by atoms with Crippen molar-refractivity contribution in [3.63, 3.8) is 0 Å². The van der Waals surface area contributed by atoms with Crippen LogP contribution in [0.25, 0.3) is 0 Å². The van der Waals surface area contributed by atoms with Crippen molar-refractivity contribution in [2.75, 3.05) is 0 Å². The Labute approximate surface area is 103 Å². The van der Waals surface area contributed by atoms with Gasteiger partial charge in [-0.1, -0.05) is 23.7 Å². The second-order valence-corrected chi connectivity index (χ2v) is 4.06. The largest absolute Gasteiger partial charge is 0.401 e. The van der Waals surface area contributed by atoms with Crippen LogP contribution in [0.15, 0.2) is 35.5 Å². The van der Waals surface area contributed by atoms with E-state index in [9.17, 15) is 13.6 Å². The maximum Gasteiger partial charge on any atom is 0.300 e. The molecule has 0 atom stereocenters. The first-order chi connectivity index (χ1) is 7.91. The molecule has 0 amide bonds. The second-order valence-electron chi connectivity index (χ2n) is 3.62. The summed E-state index contributed by atoms with van der Waals surface area (Å²) in [6.07, 6.45) is -2.79. The lowest BCUT2D eigenvalue weighted by Gasteiger charge is -2.07. The first kappa shape index (κ1) is 13.6. The van der Waals surface area contributed by atoms with Crippen molar-refractivity contribution in [2.24, 2.45) is 5.73 Å². The van der Waals surface area contributed by atoms with Gasteiger partial charge >= 0.3 is 0 Å². The molecule has 0 aliphatic heterocycles. The van der Waals surface area contributed by atoms with Crippen LogP contribution in [0.3, 0.4) is 0 Å². The highest BCUT2D eigenvalue weighted by Crippen LogP contribution is 2.15. The highest BCUT2D eigenvalue weighted by atomic mass is 35.5. The minimum Gasteiger partial charge on any atom is -0.401 e. The summed E-state index contributed by atoms with van der Waals surface area (Å²) >= 11 is 5.78. The van der Waals surface area contributed by atoms with Crippen LogP contribution in [0.4, 0.5) is 8.78 Å². The van der Waals surface area contributed by atoms with Crippen molar-refractivity contribution < 1.29 is 13.6 Å². The number of Topliss-reactive ketones (excluding diaryl/α,β-unsaturated/α-hetero) is 1. The number of ketones is 1. The van der Waals surface area contributed by atoms with Gasteiger partial charge in [-0.15, -0.1) is 0 Å². The molecular weight excluding hydrogens is 248 g/mol. The zero-order valence-electron chi connectivity index (χ0n) is 9.21. The average molecular weight is 260 g/mol. The summed E-state index contributed by atoms with van der Waals surface area (Å²) in [6.45, 7) is 1.30. The SMILES string of the molecule is C/C(C(=O)C(F)F)=C(\N)Cc1cccc(Cl)c1. The van der Waals surface area contributed by atoms with E-state index in [-0.39, 0.29) is 17.7 Å². The predicted octanol–water partition coefficient (Wildman–Crippen LogP) is 2.95. The Bertz CT molecular complexity index is 458. The summed E-state index contributed by atoms with van der Waals surface area (Å²) in [5, 5.41) is 0.535. The predicted molar refractivity (Wildman–Crippen MR) is 63.1 cm³/mol. The molecule has 92 valence electrons. The molecule has 0 fully saturated rings. The van der Waals surface area contributed by atoms with Gasteiger partial charge in [0.15, 0.2) is 0 Å². The van der Waals surface area contributed by atoms with E-state index in [1.807, 2.05) is 0 Å². The quantitative estimate of drug-likeness (QED) is 0.845. The van der Waals surface area contributed by atoms with Crippen LogP contribution in [0.2, 0.25) is 5.02 Å². The van der Waals surface area contributed by atoms with Crippen molar-refractivity contribution in [3.8, 4) is 0 Å². The van der Waals surface area contributed by atoms with Gasteiger partial charge in [-0.25, -0.2) is 8.78 Å². The number of hydrogen-bond acceptors (Lipinski definition) is 2. The van der Waals surface area contributed by atoms with Gasteiger partial charge in [0, 0.05) is 22.7 Å². The van der Waals surface area contributed by atoms with E-state index >= 15 is 0 Å². The number of rotatable bonds is 4. The fourth-order valence-corrected chi connectivity index (χ4v) is 1.53. The fraction of sp³-hybridized carbons (Fsp3) is 0.250. The van der Waals surface area contributed by atoms with Crippen LogP contribution < -0.4 is 5.73 Å². The van der Waals surface area contributed by atoms with Crippen LogP contribution in [0.1, 0.15) is 12.5 Å². The number of hydrogen-bond donors (Lipinski definition) is 1. The molecule has 0 unspecified atom stereocenters. The Morgan fingerprint density at radius 1 is 1.47 bits per heavy atom. The number of carbonyl (C=O) groups is 1. The lowest BCUT2D eigenvalue weighted by Crippen LogP contribution is -2.17. The minimum absolute atomic E-state index is 0.0972. The van der Waals surface area contributed by atoms with Crippen LogP contribution in [0, 0.1) is 0 Å². The Balaban J connectivity index is 2.88. The van der Waals surface area contributed by atoms with Gasteiger partial charge in [0.25, 0.3) is 6.43 Å². The molecule has 0 aromatic heterocycles. The monoisotopic (exact) mass is 259 g/mol. The van der Waals surface area contributed by atoms with Gasteiger partial charge in [-0.05, 0) is 24.6 Å². The van der Waals surface area contributed by atoms with E-state index in [4.69, 9.17) is 17.3 Å². The number of nitrogens with two attached hydrogens (primary N) is 1. The molecule has 0 spiro atoms. The summed E-state index contributed by atoms with van der Waals surface area (Å²) in [4.78, 5) is 11.0. The average Bonchev–Trinajstić information content (AvgIpc) is 2.26. The van der Waals surface area contributed by atoms with Gasteiger partial charge in [-0.2, -0.15) is 0 Å². The van der Waals surface area contributed by atoms with Crippen LogP contribution >= 0.6 is 11.6 Å². The first-order valence-electron chi connectivity index (χ1n) is 4.94. The number of carbonyl (C=O) groups excluding carboxylic acids is 1. The Morgan fingerprint density at radius 2 is 2.12 bits per heavy atom. The standard InChI is InChI=1S/C12H12ClF2NO/c1-7(11(17)12(14)15)10(16)6-8-3-2-4-9(13)5-8/h2-5,12H,6,16H2,1H3/b10-7+. The molecule has 0 bridgehead atoms. The second kappa shape index (κ2) is 5.77. The van der Waals surface area contributed by atoms with Crippen molar-refractivity contribution in [1.82, 2.24) is 0 Å². The summed E-state index contributed by atoms with van der Waals surface area (Å²) in [7, 11) is 0. The Kier molecular flexibility index (Phi) is 4.63. The molecule has 2 N–H and O–H groups in total. The number of halogens is 3. The Hall–Kier alpha value is -1.42. The molecule has 2 nitrogen and oxygen atoms in total. The van der Waals surface area contributed by atoms with E-state index in [0.717, 1.165) is 5.56 Å². The van der Waals surface area contributed by atoms with E-state index < -0.39 is 12.2 Å². The first-order valence-corrected chi connectivity index (χ1v) is 5.31. The van der Waals surface area contributed by atoms with Crippen molar-refractivity contribution >= 4 is 17.4 Å². The fourth-order valence-electron chi connectivity index (χ4n) is 1.32. The van der Waals surface area contributed by atoms with Gasteiger partial charge in [0.2, 0.25) is 5.78 Å². The molecule has 1 aromatic carbocycles. The summed E-state index contributed by atoms with van der Waals surface area (Å²) in [5.41, 5.74) is 6.43. The van der Waals surface area contributed by atoms with Gasteiger partial charge in [-0.3, -0.25) is 4.79 Å². The molecule has 0 saturated carbocycles. The van der Waals surface area contributed by atoms with E-state index in [2.05, 4.69) is 0 Å². The smallest absolute Gasteiger partial charge is 0.300 e. The molecule has 0 aliphatic rings. The summed E-state index contributed by atoms with van der Waals surface area (Å²) in [5.74, 6) is -1.23. The maximum absolute atomic E-state index is 12.2. The number of benzene rings is 1. The van der Waals surface area contributed by atoms with Gasteiger partial charge in [0.05, 0.1) is 0 Å². The maximum atomic E-state index is 12.2. The third-order valence-electron chi connectivity index (χ3n) is 2.33. The van der Waals surface area contributed by atoms with Crippen LogP contribution in [-0.2, 0) is 11.2 Å². The molecular formula is C12H12ClF2NO. The molecule has 1 rings (SSSR count). The number of alkyl halides is 2. The highest BCUT2D eigenvalue weighted by Gasteiger charge is 2.19. The number of allylic oxidation sites excluding steroid dienone is 2. The van der Waals surface area contributed by atoms with Crippen molar-refractivity contribution in [3.05, 3.63) is 46.1 Å². The summed E-state index contributed by atoms with van der Waals surface area (Å²) < 4.78 is 24.4. The van der Waals surface area contributed by atoms with E-state index in [1.54, 1.807) is 24.3 Å². The lowest BCUT2D eigenvalue weighted by atomic mass is 10.0. The zero-order valence-corrected chi connectivity index (χ0v) is 9.97. The third-order valence-corrected chi connectivity index (χ3v) is 2.57. The molecule has 0 saturated heterocycles. The highest BCUT2D eigenvalue weighted by molar-refractivity contribution is 6.30. The topological polar surface area (TPSA) is 43.1 Å².